The Morgan fingerprint density at radius 2 is 0.429 bits per heavy atom. The van der Waals surface area contributed by atoms with E-state index in [1.165, 1.54) is 132 Å². The minimum absolute atomic E-state index is 1.13. The summed E-state index contributed by atoms with van der Waals surface area (Å²) in [5.74, 6) is 0. The molecule has 56 heavy (non-hydrogen) atoms. The van der Waals surface area contributed by atoms with Gasteiger partial charge in [0.25, 0.3) is 0 Å². The third kappa shape index (κ3) is 4.42. The van der Waals surface area contributed by atoms with Crippen LogP contribution in [0.4, 0.5) is 0 Å². The maximum absolute atomic E-state index is 2.53. The van der Waals surface area contributed by atoms with E-state index in [2.05, 4.69) is 146 Å². The number of aryl methyl sites for hydroxylation is 8. The average Bonchev–Trinajstić information content (AvgIpc) is 4.05. The highest BCUT2D eigenvalue weighted by molar-refractivity contribution is 6.13. The molecule has 13 rings (SSSR count). The van der Waals surface area contributed by atoms with Gasteiger partial charge in [-0.1, -0.05) is 121 Å². The van der Waals surface area contributed by atoms with Gasteiger partial charge in [0.2, 0.25) is 0 Å². The quantitative estimate of drug-likeness (QED) is 0.170. The first-order valence-corrected chi connectivity index (χ1v) is 20.8. The lowest BCUT2D eigenvalue weighted by molar-refractivity contribution is 1.02. The minimum Gasteiger partial charge on any atom is -0.0613 e. The zero-order valence-electron chi connectivity index (χ0n) is 31.5. The van der Waals surface area contributed by atoms with Crippen LogP contribution in [0.25, 0.3) is 65.4 Å². The van der Waals surface area contributed by atoms with Crippen LogP contribution in [-0.2, 0) is 51.4 Å². The smallest absolute Gasteiger partial charge is 0.00999 e. The van der Waals surface area contributed by atoms with E-state index in [9.17, 15) is 0 Å². The molecule has 0 heterocycles. The van der Waals surface area contributed by atoms with Crippen molar-refractivity contribution in [3.63, 3.8) is 0 Å². The molecule has 0 saturated carbocycles. The number of allylic oxidation sites excluding steroid dienone is 8. The van der Waals surface area contributed by atoms with Crippen LogP contribution in [0, 0.1) is 0 Å². The van der Waals surface area contributed by atoms with Crippen LogP contribution < -0.4 is 0 Å². The average molecular weight is 713 g/mol. The number of rotatable bonds is 4. The molecule has 0 aromatic heterocycles. The van der Waals surface area contributed by atoms with Gasteiger partial charge in [-0.2, -0.15) is 0 Å². The molecule has 5 aliphatic rings. The van der Waals surface area contributed by atoms with E-state index in [0.29, 0.717) is 0 Å². The lowest BCUT2D eigenvalue weighted by atomic mass is 9.84. The van der Waals surface area contributed by atoms with E-state index in [-0.39, 0.29) is 0 Å². The summed E-state index contributed by atoms with van der Waals surface area (Å²) in [5.41, 5.74) is 22.2. The third-order valence-electron chi connectivity index (χ3n) is 14.0. The van der Waals surface area contributed by atoms with Gasteiger partial charge in [-0.05, 0) is 208 Å². The van der Waals surface area contributed by atoms with Crippen molar-refractivity contribution in [2.45, 2.75) is 51.4 Å². The van der Waals surface area contributed by atoms with E-state index >= 15 is 0 Å². The first kappa shape index (κ1) is 31.0. The summed E-state index contributed by atoms with van der Waals surface area (Å²) in [7, 11) is 0. The van der Waals surface area contributed by atoms with Gasteiger partial charge in [0, 0.05) is 0 Å². The van der Waals surface area contributed by atoms with Crippen molar-refractivity contribution >= 4 is 65.4 Å². The van der Waals surface area contributed by atoms with E-state index in [4.69, 9.17) is 0 Å². The van der Waals surface area contributed by atoms with Crippen LogP contribution in [0.2, 0.25) is 0 Å². The molecule has 8 aromatic carbocycles. The molecule has 0 unspecified atom stereocenters. The Bertz CT molecular complexity index is 2740. The first-order valence-electron chi connectivity index (χ1n) is 20.8. The molecule has 0 atom stereocenters. The maximum Gasteiger partial charge on any atom is -0.00999 e. The molecule has 0 spiro atoms. The van der Waals surface area contributed by atoms with E-state index in [0.717, 1.165) is 51.4 Å². The summed E-state index contributed by atoms with van der Waals surface area (Å²) in [4.78, 5) is 0. The van der Waals surface area contributed by atoms with Crippen LogP contribution in [0.15, 0.2) is 146 Å². The Balaban J connectivity index is 1.14. The minimum atomic E-state index is 1.13. The molecular weight excluding hydrogens is 673 g/mol. The largest absolute Gasteiger partial charge is 0.0613 e. The summed E-state index contributed by atoms with van der Waals surface area (Å²) in [5, 5.41) is 11.4. The SMILES string of the molecule is C1=C(c2ccc3c4c(cccc24)CC3)\C=C(c2ccc3c4c(cccc24)CC3)/C=C(c2ccc3c4c(cccc24)CC3)\C=C/1c1ccc2c3c(cccc13)CC2. The fourth-order valence-corrected chi connectivity index (χ4v) is 11.5. The van der Waals surface area contributed by atoms with Crippen molar-refractivity contribution < 1.29 is 0 Å². The second kappa shape index (κ2) is 11.6. The number of hydrogen-bond donors (Lipinski definition) is 0. The van der Waals surface area contributed by atoms with Crippen molar-refractivity contribution in [2.75, 3.05) is 0 Å². The first-order chi connectivity index (χ1) is 27.7. The van der Waals surface area contributed by atoms with Gasteiger partial charge in [0.05, 0.1) is 0 Å². The Morgan fingerprint density at radius 1 is 0.214 bits per heavy atom. The van der Waals surface area contributed by atoms with Crippen molar-refractivity contribution in [1.82, 2.24) is 0 Å². The molecule has 0 nitrogen and oxygen atoms in total. The van der Waals surface area contributed by atoms with Crippen LogP contribution in [0.5, 0.6) is 0 Å². The second-order valence-corrected chi connectivity index (χ2v) is 16.8. The molecular formula is C56H40. The number of benzene rings is 8. The molecule has 0 bridgehead atoms. The molecule has 0 saturated heterocycles. The topological polar surface area (TPSA) is 0 Å². The maximum atomic E-state index is 2.53. The van der Waals surface area contributed by atoms with Crippen molar-refractivity contribution in [2.24, 2.45) is 0 Å². The predicted molar refractivity (Wildman–Crippen MR) is 237 cm³/mol. The highest BCUT2D eigenvalue weighted by Gasteiger charge is 2.24. The van der Waals surface area contributed by atoms with Crippen LogP contribution >= 0.6 is 0 Å². The Morgan fingerprint density at radius 3 is 0.661 bits per heavy atom. The monoisotopic (exact) mass is 712 g/mol. The van der Waals surface area contributed by atoms with Crippen LogP contribution in [0.3, 0.4) is 0 Å². The molecule has 8 aromatic rings. The lowest BCUT2D eigenvalue weighted by Crippen LogP contribution is -1.97. The second-order valence-electron chi connectivity index (χ2n) is 16.8. The van der Waals surface area contributed by atoms with Gasteiger partial charge >= 0.3 is 0 Å². The van der Waals surface area contributed by atoms with E-state index < -0.39 is 0 Å². The van der Waals surface area contributed by atoms with Gasteiger partial charge in [0.15, 0.2) is 0 Å². The molecule has 0 radical (unpaired) electrons. The summed E-state index contributed by atoms with van der Waals surface area (Å²) in [6.45, 7) is 0. The van der Waals surface area contributed by atoms with E-state index in [1.54, 1.807) is 0 Å². The zero-order chi connectivity index (χ0) is 36.5. The Labute approximate surface area is 327 Å². The Kier molecular flexibility index (Phi) is 6.45. The zero-order valence-corrected chi connectivity index (χ0v) is 31.5. The number of hydrogen-bond acceptors (Lipinski definition) is 0. The third-order valence-corrected chi connectivity index (χ3v) is 14.0. The standard InChI is InChI=1S/C56H40/c1-5-33-13-17-37-21-25-45(49(9-1)53(33)37)41-29-42(46-26-22-38-18-14-34-6-2-10-50(46)54(34)38)31-44(48-28-24-40-20-16-36-8-4-12-52(48)56(36)40)32-43(30-41)47-27-23-39-19-15-35-7-3-11-51(47)55(35)39/h1-12,21-32H,13-20H2/b41-29+,41-30?,42-29?,42-31+,43-30+,43-32?,44-31?,44-32+. The van der Waals surface area contributed by atoms with Gasteiger partial charge in [-0.3, -0.25) is 0 Å². The normalized spacial score (nSPS) is 20.1. The van der Waals surface area contributed by atoms with Gasteiger partial charge < -0.3 is 0 Å². The molecule has 5 aliphatic carbocycles. The summed E-state index contributed by atoms with van der Waals surface area (Å²) < 4.78 is 0. The summed E-state index contributed by atoms with van der Waals surface area (Å²) >= 11 is 0. The Hall–Kier alpha value is -6.24. The highest BCUT2D eigenvalue weighted by atomic mass is 14.3. The van der Waals surface area contributed by atoms with Gasteiger partial charge in [-0.25, -0.2) is 0 Å². The molecule has 264 valence electrons. The highest BCUT2D eigenvalue weighted by Crippen LogP contribution is 2.45. The van der Waals surface area contributed by atoms with Gasteiger partial charge in [0.1, 0.15) is 0 Å². The lowest BCUT2D eigenvalue weighted by Gasteiger charge is -2.20. The predicted octanol–water partition coefficient (Wildman–Crippen LogP) is 13.3. The fourth-order valence-electron chi connectivity index (χ4n) is 11.5. The van der Waals surface area contributed by atoms with Crippen molar-refractivity contribution in [1.29, 1.82) is 0 Å². The fraction of sp³-hybridized carbons (Fsp3) is 0.143. The summed E-state index contributed by atoms with van der Waals surface area (Å²) in [6, 6.07) is 47.3. The van der Waals surface area contributed by atoms with Crippen LogP contribution in [-0.4, -0.2) is 0 Å². The van der Waals surface area contributed by atoms with Crippen molar-refractivity contribution in [3.8, 4) is 0 Å². The molecule has 0 N–H and O–H groups in total. The summed E-state index contributed by atoms with van der Waals surface area (Å²) in [6.07, 6.45) is 19.2. The van der Waals surface area contributed by atoms with Crippen LogP contribution in [0.1, 0.15) is 66.8 Å². The van der Waals surface area contributed by atoms with E-state index in [1.807, 2.05) is 0 Å². The van der Waals surface area contributed by atoms with Crippen molar-refractivity contribution in [3.05, 3.63) is 212 Å². The molecule has 0 amide bonds. The molecule has 0 aliphatic heterocycles. The molecule has 0 heteroatoms. The van der Waals surface area contributed by atoms with Gasteiger partial charge in [-0.15, -0.1) is 0 Å². The molecule has 0 fully saturated rings.